The first kappa shape index (κ1) is 25.0. The van der Waals surface area contributed by atoms with Crippen molar-refractivity contribution in [3.8, 4) is 17.7 Å². The molecule has 0 unspecified atom stereocenters. The molecule has 7 nitrogen and oxygen atoms in total. The highest BCUT2D eigenvalue weighted by Crippen LogP contribution is 2.31. The normalized spacial score (nSPS) is 11.3. The van der Waals surface area contributed by atoms with Crippen molar-refractivity contribution in [2.24, 2.45) is 0 Å². The van der Waals surface area contributed by atoms with Crippen LogP contribution in [0, 0.1) is 32.1 Å². The first-order chi connectivity index (χ1) is 17.2. The van der Waals surface area contributed by atoms with Crippen LogP contribution >= 0.6 is 23.2 Å². The fourth-order valence-corrected chi connectivity index (χ4v) is 3.94. The molecule has 2 aromatic carbocycles. The number of ether oxygens (including phenoxy) is 1. The number of carbonyl (C=O) groups excluding carboxylic acids is 1. The van der Waals surface area contributed by atoms with Gasteiger partial charge >= 0.3 is 0 Å². The molecule has 1 N–H and O–H groups in total. The van der Waals surface area contributed by atoms with Crippen molar-refractivity contribution in [1.82, 2.24) is 9.38 Å². The Balaban J connectivity index is 1.86. The van der Waals surface area contributed by atoms with E-state index < -0.39 is 11.5 Å². The van der Waals surface area contributed by atoms with Gasteiger partial charge in [0.25, 0.3) is 11.5 Å². The number of hydrogen-bond acceptors (Lipinski definition) is 5. The van der Waals surface area contributed by atoms with Crippen LogP contribution in [0.2, 0.25) is 10.0 Å². The molecule has 0 atom stereocenters. The number of nitrogens with zero attached hydrogens (tertiary/aromatic N) is 3. The van der Waals surface area contributed by atoms with Gasteiger partial charge in [0.05, 0.1) is 15.7 Å². The Hall–Kier alpha value is -4.12. The van der Waals surface area contributed by atoms with Crippen LogP contribution in [0.1, 0.15) is 22.3 Å². The first-order valence-electron chi connectivity index (χ1n) is 10.8. The quantitative estimate of drug-likeness (QED) is 0.248. The number of rotatable bonds is 5. The van der Waals surface area contributed by atoms with Crippen LogP contribution in [0.25, 0.3) is 11.7 Å². The molecular formula is C27H20Cl2N4O3. The largest absolute Gasteiger partial charge is 0.438 e. The standard InChI is InChI=1S/C27H20Cl2N4O3/c1-15-9-10-22(17(3)12-15)36-26-19(27(35)33-11-5-6-16(2)24(33)32-26)13-18(14-30)25(34)31-21-8-4-7-20(28)23(21)29/h4-13H,1-3H3,(H,31,34)/b18-13-. The zero-order valence-electron chi connectivity index (χ0n) is 19.6. The van der Waals surface area contributed by atoms with Gasteiger partial charge in [-0.05, 0) is 62.2 Å². The average molecular weight is 519 g/mol. The molecule has 0 fully saturated rings. The summed E-state index contributed by atoms with van der Waals surface area (Å²) >= 11 is 12.2. The Morgan fingerprint density at radius 2 is 1.89 bits per heavy atom. The molecule has 180 valence electrons. The number of fused-ring (bicyclic) bond motifs is 1. The second-order valence-corrected chi connectivity index (χ2v) is 8.90. The molecule has 2 heterocycles. The Labute approximate surface area is 217 Å². The summed E-state index contributed by atoms with van der Waals surface area (Å²) < 4.78 is 7.41. The number of nitrogens with one attached hydrogen (secondary N) is 1. The van der Waals surface area contributed by atoms with Crippen LogP contribution in [0.4, 0.5) is 5.69 Å². The summed E-state index contributed by atoms with van der Waals surface area (Å²) in [5.74, 6) is -0.302. The van der Waals surface area contributed by atoms with Crippen LogP contribution in [-0.4, -0.2) is 15.3 Å². The smallest absolute Gasteiger partial charge is 0.269 e. The maximum atomic E-state index is 13.5. The predicted molar refractivity (Wildman–Crippen MR) is 141 cm³/mol. The monoisotopic (exact) mass is 518 g/mol. The fraction of sp³-hybridized carbons (Fsp3) is 0.111. The number of pyridine rings is 1. The summed E-state index contributed by atoms with van der Waals surface area (Å²) in [6.45, 7) is 5.65. The molecule has 0 saturated heterocycles. The molecule has 2 aromatic heterocycles. The van der Waals surface area contributed by atoms with E-state index >= 15 is 0 Å². The zero-order valence-corrected chi connectivity index (χ0v) is 21.1. The number of halogens is 2. The van der Waals surface area contributed by atoms with Gasteiger partial charge in [-0.15, -0.1) is 0 Å². The number of anilines is 1. The number of hydrogen-bond donors (Lipinski definition) is 1. The second kappa shape index (κ2) is 10.2. The summed E-state index contributed by atoms with van der Waals surface area (Å²) in [5, 5.41) is 12.7. The van der Waals surface area contributed by atoms with Crippen LogP contribution in [0.3, 0.4) is 0 Å². The molecule has 0 aliphatic carbocycles. The molecule has 9 heteroatoms. The van der Waals surface area contributed by atoms with E-state index in [2.05, 4.69) is 10.3 Å². The van der Waals surface area contributed by atoms with E-state index in [0.717, 1.165) is 22.8 Å². The SMILES string of the molecule is Cc1ccc(Oc2nc3c(C)cccn3c(=O)c2/C=C(/C#N)C(=O)Nc2cccc(Cl)c2Cl)c(C)c1. The van der Waals surface area contributed by atoms with Gasteiger partial charge in [0.1, 0.15) is 28.6 Å². The maximum absolute atomic E-state index is 13.5. The number of amides is 1. The lowest BCUT2D eigenvalue weighted by atomic mass is 10.1. The number of benzene rings is 2. The van der Waals surface area contributed by atoms with Gasteiger partial charge in [-0.2, -0.15) is 10.2 Å². The topological polar surface area (TPSA) is 96.5 Å². The molecule has 0 spiro atoms. The van der Waals surface area contributed by atoms with Gasteiger partial charge < -0.3 is 10.1 Å². The van der Waals surface area contributed by atoms with Crippen molar-refractivity contribution in [3.63, 3.8) is 0 Å². The minimum absolute atomic E-state index is 0.0254. The number of aryl methyl sites for hydroxylation is 3. The van der Waals surface area contributed by atoms with Gasteiger partial charge in [0.15, 0.2) is 0 Å². The van der Waals surface area contributed by atoms with Gasteiger partial charge in [0, 0.05) is 6.20 Å². The van der Waals surface area contributed by atoms with E-state index in [1.165, 1.54) is 4.40 Å². The molecule has 4 aromatic rings. The van der Waals surface area contributed by atoms with Gasteiger partial charge in [-0.1, -0.05) is 53.0 Å². The van der Waals surface area contributed by atoms with Crippen molar-refractivity contribution in [2.75, 3.05) is 5.32 Å². The average Bonchev–Trinajstić information content (AvgIpc) is 2.84. The van der Waals surface area contributed by atoms with Gasteiger partial charge in [-0.3, -0.25) is 14.0 Å². The van der Waals surface area contributed by atoms with Crippen molar-refractivity contribution >= 4 is 46.5 Å². The Kier molecular flexibility index (Phi) is 7.11. The van der Waals surface area contributed by atoms with E-state index in [9.17, 15) is 14.9 Å². The summed E-state index contributed by atoms with van der Waals surface area (Å²) in [5.41, 5.74) is 2.37. The van der Waals surface area contributed by atoms with E-state index in [1.807, 2.05) is 45.0 Å². The summed E-state index contributed by atoms with van der Waals surface area (Å²) in [6.07, 6.45) is 2.73. The third-order valence-corrected chi connectivity index (χ3v) is 6.26. The zero-order chi connectivity index (χ0) is 26.0. The predicted octanol–water partition coefficient (Wildman–Crippen LogP) is 6.26. The molecule has 0 bridgehead atoms. The first-order valence-corrected chi connectivity index (χ1v) is 11.6. The van der Waals surface area contributed by atoms with Gasteiger partial charge in [-0.25, -0.2) is 0 Å². The molecular weight excluding hydrogens is 499 g/mol. The summed E-state index contributed by atoms with van der Waals surface area (Å²) in [6, 6.07) is 15.7. The van der Waals surface area contributed by atoms with E-state index in [0.29, 0.717) is 11.4 Å². The highest BCUT2D eigenvalue weighted by atomic mass is 35.5. The molecule has 4 rings (SSSR count). The Morgan fingerprint density at radius 1 is 1.11 bits per heavy atom. The maximum Gasteiger partial charge on any atom is 0.269 e. The highest BCUT2D eigenvalue weighted by molar-refractivity contribution is 6.44. The van der Waals surface area contributed by atoms with Crippen molar-refractivity contribution in [2.45, 2.75) is 20.8 Å². The Bertz CT molecular complexity index is 1650. The van der Waals surface area contributed by atoms with Crippen molar-refractivity contribution in [1.29, 1.82) is 5.26 Å². The lowest BCUT2D eigenvalue weighted by Crippen LogP contribution is -2.21. The molecule has 0 aliphatic rings. The van der Waals surface area contributed by atoms with E-state index in [1.54, 1.807) is 36.5 Å². The van der Waals surface area contributed by atoms with Crippen LogP contribution in [-0.2, 0) is 4.79 Å². The molecule has 0 radical (unpaired) electrons. The number of aromatic nitrogens is 2. The van der Waals surface area contributed by atoms with E-state index in [4.69, 9.17) is 27.9 Å². The van der Waals surface area contributed by atoms with Crippen molar-refractivity contribution < 1.29 is 9.53 Å². The summed E-state index contributed by atoms with van der Waals surface area (Å²) in [7, 11) is 0. The second-order valence-electron chi connectivity index (χ2n) is 8.12. The lowest BCUT2D eigenvalue weighted by Gasteiger charge is -2.13. The Morgan fingerprint density at radius 3 is 2.61 bits per heavy atom. The van der Waals surface area contributed by atoms with Crippen LogP contribution in [0.5, 0.6) is 11.6 Å². The van der Waals surface area contributed by atoms with Crippen molar-refractivity contribution in [3.05, 3.63) is 103 Å². The molecule has 0 aliphatic heterocycles. The fourth-order valence-electron chi connectivity index (χ4n) is 3.59. The van der Waals surface area contributed by atoms with Crippen LogP contribution in [0.15, 0.2) is 65.1 Å². The third-order valence-electron chi connectivity index (χ3n) is 5.44. The number of nitriles is 1. The molecule has 1 amide bonds. The third kappa shape index (κ3) is 4.96. The van der Waals surface area contributed by atoms with Crippen LogP contribution < -0.4 is 15.6 Å². The number of carbonyl (C=O) groups is 1. The van der Waals surface area contributed by atoms with Gasteiger partial charge in [0.2, 0.25) is 5.88 Å². The summed E-state index contributed by atoms with van der Waals surface area (Å²) in [4.78, 5) is 31.0. The minimum atomic E-state index is -0.770. The highest BCUT2D eigenvalue weighted by Gasteiger charge is 2.19. The molecule has 0 saturated carbocycles. The minimum Gasteiger partial charge on any atom is -0.438 e. The molecule has 36 heavy (non-hydrogen) atoms. The lowest BCUT2D eigenvalue weighted by molar-refractivity contribution is -0.112. The van der Waals surface area contributed by atoms with E-state index in [-0.39, 0.29) is 32.7 Å².